The quantitative estimate of drug-likeness (QED) is 0.678. The topological polar surface area (TPSA) is 46.1 Å². The van der Waals surface area contributed by atoms with E-state index in [4.69, 9.17) is 0 Å². The van der Waals surface area contributed by atoms with Gasteiger partial charge in [0, 0.05) is 45.5 Å². The van der Waals surface area contributed by atoms with Crippen molar-refractivity contribution >= 4 is 5.91 Å². The second-order valence-electron chi connectivity index (χ2n) is 3.96. The van der Waals surface area contributed by atoms with E-state index in [2.05, 4.69) is 22.9 Å². The van der Waals surface area contributed by atoms with Gasteiger partial charge in [0.2, 0.25) is 5.91 Å². The zero-order valence-corrected chi connectivity index (χ0v) is 10.1. The van der Waals surface area contributed by atoms with Crippen LogP contribution in [0.4, 0.5) is 0 Å². The van der Waals surface area contributed by atoms with Crippen molar-refractivity contribution in [1.29, 1.82) is 0 Å². The van der Waals surface area contributed by atoms with Gasteiger partial charge in [-0.15, -0.1) is 0 Å². The van der Waals surface area contributed by atoms with Gasteiger partial charge in [0.15, 0.2) is 0 Å². The Balaban J connectivity index is 2.05. The third kappa shape index (κ3) is 4.98. The standard InChI is InChI=1S/C12H21N3O/c1-3-6-14-12(16)4-7-13-9-11-5-8-15(2)10-11/h5,8,10,13H,3-4,6-7,9H2,1-2H3,(H,14,16). The number of nitrogens with one attached hydrogen (secondary N) is 2. The molecule has 16 heavy (non-hydrogen) atoms. The summed E-state index contributed by atoms with van der Waals surface area (Å²) in [7, 11) is 2.00. The first-order valence-corrected chi connectivity index (χ1v) is 5.80. The molecule has 0 aliphatic rings. The van der Waals surface area contributed by atoms with Crippen LogP contribution in [0.1, 0.15) is 25.3 Å². The number of hydrogen-bond donors (Lipinski definition) is 2. The molecule has 1 amide bonds. The first kappa shape index (κ1) is 12.8. The van der Waals surface area contributed by atoms with Gasteiger partial charge in [-0.1, -0.05) is 6.92 Å². The SMILES string of the molecule is CCCNC(=O)CCNCc1ccn(C)c1. The molecule has 0 saturated carbocycles. The van der Waals surface area contributed by atoms with Gasteiger partial charge in [-0.25, -0.2) is 0 Å². The molecule has 0 aliphatic heterocycles. The van der Waals surface area contributed by atoms with Crippen LogP contribution in [0.5, 0.6) is 0 Å². The van der Waals surface area contributed by atoms with E-state index in [9.17, 15) is 4.79 Å². The van der Waals surface area contributed by atoms with Gasteiger partial charge in [0.05, 0.1) is 0 Å². The Labute approximate surface area is 97.0 Å². The number of rotatable bonds is 7. The first-order valence-electron chi connectivity index (χ1n) is 5.80. The summed E-state index contributed by atoms with van der Waals surface area (Å²) in [5, 5.41) is 6.10. The van der Waals surface area contributed by atoms with E-state index >= 15 is 0 Å². The fourth-order valence-corrected chi connectivity index (χ4v) is 1.45. The predicted molar refractivity (Wildman–Crippen MR) is 65.0 cm³/mol. The average molecular weight is 223 g/mol. The van der Waals surface area contributed by atoms with Crippen LogP contribution in [-0.2, 0) is 18.4 Å². The fraction of sp³-hybridized carbons (Fsp3) is 0.583. The first-order chi connectivity index (χ1) is 7.72. The van der Waals surface area contributed by atoms with E-state index in [1.807, 2.05) is 24.7 Å². The van der Waals surface area contributed by atoms with E-state index in [0.717, 1.165) is 26.1 Å². The van der Waals surface area contributed by atoms with Crippen molar-refractivity contribution < 1.29 is 4.79 Å². The van der Waals surface area contributed by atoms with Crippen molar-refractivity contribution in [3.8, 4) is 0 Å². The highest BCUT2D eigenvalue weighted by Crippen LogP contribution is 1.98. The molecular formula is C12H21N3O. The van der Waals surface area contributed by atoms with Crippen LogP contribution >= 0.6 is 0 Å². The molecule has 1 aromatic heterocycles. The van der Waals surface area contributed by atoms with E-state index in [1.54, 1.807) is 0 Å². The number of amides is 1. The maximum atomic E-state index is 11.3. The second kappa shape index (κ2) is 7.06. The highest BCUT2D eigenvalue weighted by Gasteiger charge is 1.99. The van der Waals surface area contributed by atoms with Crippen molar-refractivity contribution in [3.05, 3.63) is 24.0 Å². The lowest BCUT2D eigenvalue weighted by Crippen LogP contribution is -2.27. The molecule has 0 aliphatic carbocycles. The smallest absolute Gasteiger partial charge is 0.221 e. The van der Waals surface area contributed by atoms with Gasteiger partial charge in [-0.05, 0) is 18.1 Å². The number of hydrogen-bond acceptors (Lipinski definition) is 2. The molecule has 90 valence electrons. The van der Waals surface area contributed by atoms with Gasteiger partial charge in [0.25, 0.3) is 0 Å². The lowest BCUT2D eigenvalue weighted by molar-refractivity contribution is -0.120. The zero-order valence-electron chi connectivity index (χ0n) is 10.1. The summed E-state index contributed by atoms with van der Waals surface area (Å²) in [6.45, 7) is 4.37. The highest BCUT2D eigenvalue weighted by atomic mass is 16.1. The van der Waals surface area contributed by atoms with Gasteiger partial charge in [-0.2, -0.15) is 0 Å². The van der Waals surface area contributed by atoms with Gasteiger partial charge >= 0.3 is 0 Å². The van der Waals surface area contributed by atoms with Crippen LogP contribution in [0, 0.1) is 0 Å². The molecule has 0 bridgehead atoms. The van der Waals surface area contributed by atoms with Crippen LogP contribution in [0.15, 0.2) is 18.5 Å². The van der Waals surface area contributed by atoms with Crippen molar-refractivity contribution in [2.24, 2.45) is 7.05 Å². The molecule has 1 aromatic rings. The molecule has 1 heterocycles. The van der Waals surface area contributed by atoms with Crippen molar-refractivity contribution in [3.63, 3.8) is 0 Å². The van der Waals surface area contributed by atoms with Crippen molar-refractivity contribution in [1.82, 2.24) is 15.2 Å². The van der Waals surface area contributed by atoms with Gasteiger partial charge in [0.1, 0.15) is 0 Å². The average Bonchev–Trinajstić information content (AvgIpc) is 2.67. The Morgan fingerprint density at radius 1 is 1.44 bits per heavy atom. The van der Waals surface area contributed by atoms with Crippen molar-refractivity contribution in [2.45, 2.75) is 26.3 Å². The number of carbonyl (C=O) groups excluding carboxylic acids is 1. The van der Waals surface area contributed by atoms with Crippen LogP contribution in [0.25, 0.3) is 0 Å². The summed E-state index contributed by atoms with van der Waals surface area (Å²) < 4.78 is 2.02. The highest BCUT2D eigenvalue weighted by molar-refractivity contribution is 5.75. The minimum Gasteiger partial charge on any atom is -0.357 e. The molecule has 2 N–H and O–H groups in total. The minimum absolute atomic E-state index is 0.127. The second-order valence-corrected chi connectivity index (χ2v) is 3.96. The normalized spacial score (nSPS) is 10.4. The van der Waals surface area contributed by atoms with Crippen LogP contribution in [-0.4, -0.2) is 23.6 Å². The summed E-state index contributed by atoms with van der Waals surface area (Å²) in [4.78, 5) is 11.3. The maximum absolute atomic E-state index is 11.3. The molecule has 0 spiro atoms. The third-order valence-electron chi connectivity index (χ3n) is 2.32. The Kier molecular flexibility index (Phi) is 5.64. The van der Waals surface area contributed by atoms with Crippen LogP contribution in [0.3, 0.4) is 0 Å². The fourth-order valence-electron chi connectivity index (χ4n) is 1.45. The zero-order chi connectivity index (χ0) is 11.8. The lowest BCUT2D eigenvalue weighted by atomic mass is 10.3. The summed E-state index contributed by atoms with van der Waals surface area (Å²) in [5.74, 6) is 0.127. The molecule has 0 saturated heterocycles. The molecule has 4 heteroatoms. The monoisotopic (exact) mass is 223 g/mol. The van der Waals surface area contributed by atoms with E-state index < -0.39 is 0 Å². The van der Waals surface area contributed by atoms with Gasteiger partial charge < -0.3 is 15.2 Å². The third-order valence-corrected chi connectivity index (χ3v) is 2.32. The molecule has 0 radical (unpaired) electrons. The van der Waals surface area contributed by atoms with E-state index in [-0.39, 0.29) is 5.91 Å². The maximum Gasteiger partial charge on any atom is 0.221 e. The molecule has 4 nitrogen and oxygen atoms in total. The Morgan fingerprint density at radius 2 is 2.25 bits per heavy atom. The summed E-state index contributed by atoms with van der Waals surface area (Å²) in [5.41, 5.74) is 1.25. The van der Waals surface area contributed by atoms with Crippen LogP contribution < -0.4 is 10.6 Å². The Bertz CT molecular complexity index is 320. The molecule has 0 atom stereocenters. The summed E-state index contributed by atoms with van der Waals surface area (Å²) in [6, 6.07) is 2.07. The Morgan fingerprint density at radius 3 is 2.88 bits per heavy atom. The number of aromatic nitrogens is 1. The number of carbonyl (C=O) groups is 1. The minimum atomic E-state index is 0.127. The molecule has 0 unspecified atom stereocenters. The van der Waals surface area contributed by atoms with Crippen molar-refractivity contribution in [2.75, 3.05) is 13.1 Å². The molecular weight excluding hydrogens is 202 g/mol. The van der Waals surface area contributed by atoms with E-state index in [0.29, 0.717) is 6.42 Å². The molecule has 0 fully saturated rings. The van der Waals surface area contributed by atoms with Gasteiger partial charge in [-0.3, -0.25) is 4.79 Å². The van der Waals surface area contributed by atoms with Crippen LogP contribution in [0.2, 0.25) is 0 Å². The lowest BCUT2D eigenvalue weighted by Gasteiger charge is -2.04. The summed E-state index contributed by atoms with van der Waals surface area (Å²) in [6.07, 6.45) is 5.63. The largest absolute Gasteiger partial charge is 0.357 e. The summed E-state index contributed by atoms with van der Waals surface area (Å²) >= 11 is 0. The molecule has 0 aromatic carbocycles. The predicted octanol–water partition coefficient (Wildman–Crippen LogP) is 1.03. The Hall–Kier alpha value is -1.29. The number of nitrogens with zero attached hydrogens (tertiary/aromatic N) is 1. The molecule has 1 rings (SSSR count). The number of aryl methyl sites for hydroxylation is 1. The van der Waals surface area contributed by atoms with E-state index in [1.165, 1.54) is 5.56 Å².